The summed E-state index contributed by atoms with van der Waals surface area (Å²) >= 11 is 14.3. The second kappa shape index (κ2) is 18.4. The summed E-state index contributed by atoms with van der Waals surface area (Å²) in [4.78, 5) is 11.5. The number of nitrogen functional groups attached to an aromatic ring is 1. The standard InChI is InChI=1S/C9H10ClNO3S.C9H12N2O3S.C5H3Cl2NO2S.C4H7BrO/c2*10-9-2-1-8(3-11-9)15(12,13)6-7-4-14-5-7;6-5-2-1-4(3-8-5)11(7,9)10;5-1-4-2-6-3-4/h1-3,7H,4-6H2;1-3,7H,4-6H2,(H2,10,11);1-3H;4H,1-3H2. The van der Waals surface area contributed by atoms with E-state index in [1.807, 2.05) is 0 Å². The van der Waals surface area contributed by atoms with Crippen LogP contribution < -0.4 is 5.73 Å². The van der Waals surface area contributed by atoms with E-state index in [1.54, 1.807) is 0 Å². The number of anilines is 1. The van der Waals surface area contributed by atoms with Gasteiger partial charge in [0.1, 0.15) is 21.0 Å². The van der Waals surface area contributed by atoms with Crippen molar-refractivity contribution in [1.29, 1.82) is 0 Å². The highest BCUT2D eigenvalue weighted by molar-refractivity contribution is 9.09. The lowest BCUT2D eigenvalue weighted by atomic mass is 10.1. The van der Waals surface area contributed by atoms with Crippen LogP contribution >= 0.6 is 49.8 Å². The van der Waals surface area contributed by atoms with Crippen molar-refractivity contribution in [3.8, 4) is 0 Å². The van der Waals surface area contributed by atoms with E-state index in [2.05, 4.69) is 30.9 Å². The lowest BCUT2D eigenvalue weighted by molar-refractivity contribution is -0.0204. The molecule has 6 heterocycles. The van der Waals surface area contributed by atoms with Gasteiger partial charge in [-0.1, -0.05) is 39.1 Å². The number of alkyl halides is 1. The summed E-state index contributed by atoms with van der Waals surface area (Å²) < 4.78 is 83.3. The van der Waals surface area contributed by atoms with Crippen molar-refractivity contribution in [2.24, 2.45) is 17.8 Å². The number of pyridine rings is 3. The van der Waals surface area contributed by atoms with Crippen LogP contribution in [0, 0.1) is 17.8 Å². The average Bonchev–Trinajstić information content (AvgIpc) is 2.94. The Balaban J connectivity index is 0.000000178. The Bertz CT molecular complexity index is 1650. The van der Waals surface area contributed by atoms with E-state index in [0.29, 0.717) is 37.4 Å². The van der Waals surface area contributed by atoms with Crippen molar-refractivity contribution in [3.05, 3.63) is 65.3 Å². The molecule has 0 radical (unpaired) electrons. The fourth-order valence-electron chi connectivity index (χ4n) is 3.58. The number of rotatable bonds is 8. The first kappa shape index (κ1) is 39.8. The third-order valence-corrected chi connectivity index (χ3v) is 12.9. The van der Waals surface area contributed by atoms with E-state index in [-0.39, 0.29) is 43.2 Å². The van der Waals surface area contributed by atoms with Gasteiger partial charge in [-0.05, 0) is 36.4 Å². The quantitative estimate of drug-likeness (QED) is 0.195. The van der Waals surface area contributed by atoms with E-state index in [1.165, 1.54) is 48.8 Å². The molecule has 3 aliphatic heterocycles. The number of hydrogen-bond donors (Lipinski definition) is 1. The van der Waals surface area contributed by atoms with Gasteiger partial charge in [-0.2, -0.15) is 0 Å². The number of sulfone groups is 2. The van der Waals surface area contributed by atoms with Gasteiger partial charge in [-0.15, -0.1) is 0 Å². The van der Waals surface area contributed by atoms with Crippen LogP contribution in [0.4, 0.5) is 5.82 Å². The maximum absolute atomic E-state index is 11.8. The summed E-state index contributed by atoms with van der Waals surface area (Å²) in [5, 5.41) is 1.63. The van der Waals surface area contributed by atoms with Gasteiger partial charge in [-0.25, -0.2) is 40.2 Å². The predicted octanol–water partition coefficient (Wildman–Crippen LogP) is 3.93. The van der Waals surface area contributed by atoms with Crippen molar-refractivity contribution in [2.75, 3.05) is 62.2 Å². The summed E-state index contributed by atoms with van der Waals surface area (Å²) in [5.41, 5.74) is 5.38. The fourth-order valence-corrected chi connectivity index (χ4v) is 7.85. The Labute approximate surface area is 296 Å². The van der Waals surface area contributed by atoms with E-state index < -0.39 is 28.7 Å². The molecule has 0 saturated carbocycles. The number of aromatic nitrogens is 3. The summed E-state index contributed by atoms with van der Waals surface area (Å²) in [7, 11) is -5.14. The van der Waals surface area contributed by atoms with Gasteiger partial charge in [-0.3, -0.25) is 0 Å². The molecule has 20 heteroatoms. The molecule has 0 spiro atoms. The number of nitrogens with two attached hydrogens (primary N) is 1. The van der Waals surface area contributed by atoms with Gasteiger partial charge < -0.3 is 19.9 Å². The molecule has 0 aliphatic carbocycles. The monoisotopic (exact) mass is 836 g/mol. The SMILES string of the molecule is BrCC1COC1.Nc1ccc(S(=O)(=O)CC2COC2)cn1.O=S(=O)(CC1COC1)c1ccc(Cl)nc1.O=S(=O)(Cl)c1ccc(Cl)nc1. The van der Waals surface area contributed by atoms with Crippen molar-refractivity contribution < 1.29 is 39.5 Å². The molecule has 0 unspecified atom stereocenters. The highest BCUT2D eigenvalue weighted by Gasteiger charge is 2.28. The molecular formula is C27H32BrCl3N4O9S3. The Hall–Kier alpha value is -1.67. The van der Waals surface area contributed by atoms with Crippen LogP contribution in [0.5, 0.6) is 0 Å². The van der Waals surface area contributed by atoms with Gasteiger partial charge >= 0.3 is 0 Å². The van der Waals surface area contributed by atoms with E-state index >= 15 is 0 Å². The van der Waals surface area contributed by atoms with Crippen molar-refractivity contribution >= 4 is 84.4 Å². The fraction of sp³-hybridized carbons (Fsp3) is 0.444. The molecule has 6 rings (SSSR count). The number of ether oxygens (including phenoxy) is 3. The topological polar surface area (TPSA) is 195 Å². The minimum Gasteiger partial charge on any atom is -0.384 e. The molecule has 260 valence electrons. The lowest BCUT2D eigenvalue weighted by Crippen LogP contribution is -2.33. The normalized spacial score (nSPS) is 16.8. The van der Waals surface area contributed by atoms with Gasteiger partial charge in [0, 0.05) is 52.4 Å². The Morgan fingerprint density at radius 2 is 1.02 bits per heavy atom. The second-order valence-corrected chi connectivity index (χ2v) is 18.5. The zero-order chi connectivity index (χ0) is 34.7. The second-order valence-electron chi connectivity index (χ2n) is 10.4. The van der Waals surface area contributed by atoms with Crippen LogP contribution in [0.2, 0.25) is 10.3 Å². The molecule has 3 aromatic rings. The molecule has 3 aromatic heterocycles. The zero-order valence-electron chi connectivity index (χ0n) is 24.6. The molecule has 2 N–H and O–H groups in total. The zero-order valence-corrected chi connectivity index (χ0v) is 30.9. The molecule has 3 aliphatic rings. The summed E-state index contributed by atoms with van der Waals surface area (Å²) in [6, 6.07) is 8.58. The van der Waals surface area contributed by atoms with Crippen LogP contribution in [-0.2, 0) is 42.9 Å². The first-order chi connectivity index (χ1) is 22.1. The Morgan fingerprint density at radius 1 is 0.638 bits per heavy atom. The van der Waals surface area contributed by atoms with Crippen molar-refractivity contribution in [2.45, 2.75) is 14.7 Å². The van der Waals surface area contributed by atoms with Crippen LogP contribution in [0.15, 0.2) is 69.7 Å². The number of hydrogen-bond acceptors (Lipinski definition) is 13. The largest absolute Gasteiger partial charge is 0.384 e. The summed E-state index contributed by atoms with van der Waals surface area (Å²) in [5.74, 6) is 1.61. The minimum atomic E-state index is -3.67. The van der Waals surface area contributed by atoms with Crippen LogP contribution in [0.3, 0.4) is 0 Å². The predicted molar refractivity (Wildman–Crippen MR) is 181 cm³/mol. The molecule has 0 bridgehead atoms. The van der Waals surface area contributed by atoms with Crippen LogP contribution in [0.1, 0.15) is 0 Å². The summed E-state index contributed by atoms with van der Waals surface area (Å²) in [6.45, 7) is 4.04. The first-order valence-corrected chi connectivity index (χ1v) is 21.2. The maximum atomic E-state index is 11.8. The van der Waals surface area contributed by atoms with Gasteiger partial charge in [0.05, 0.1) is 60.9 Å². The molecule has 0 amide bonds. The summed E-state index contributed by atoms with van der Waals surface area (Å²) in [6.07, 6.45) is 3.69. The molecule has 3 saturated heterocycles. The Morgan fingerprint density at radius 3 is 1.28 bits per heavy atom. The third-order valence-electron chi connectivity index (χ3n) is 6.41. The minimum absolute atomic E-state index is 0.0523. The van der Waals surface area contributed by atoms with Gasteiger partial charge in [0.15, 0.2) is 19.7 Å². The lowest BCUT2D eigenvalue weighted by Gasteiger charge is -2.25. The molecule has 3 fully saturated rings. The number of nitrogens with zero attached hydrogens (tertiary/aromatic N) is 3. The number of halogens is 4. The van der Waals surface area contributed by atoms with E-state index in [4.69, 9.17) is 53.8 Å². The molecule has 47 heavy (non-hydrogen) atoms. The maximum Gasteiger partial charge on any atom is 0.262 e. The average molecular weight is 839 g/mol. The van der Waals surface area contributed by atoms with Crippen molar-refractivity contribution in [3.63, 3.8) is 0 Å². The third kappa shape index (κ3) is 13.6. The smallest absolute Gasteiger partial charge is 0.262 e. The van der Waals surface area contributed by atoms with E-state index in [0.717, 1.165) is 30.7 Å². The van der Waals surface area contributed by atoms with Crippen molar-refractivity contribution in [1.82, 2.24) is 15.0 Å². The van der Waals surface area contributed by atoms with E-state index in [9.17, 15) is 25.3 Å². The molecule has 0 aromatic carbocycles. The van der Waals surface area contributed by atoms with Gasteiger partial charge in [0.25, 0.3) is 9.05 Å². The molecular weight excluding hydrogens is 807 g/mol. The first-order valence-electron chi connectivity index (χ1n) is 13.7. The molecule has 0 atom stereocenters. The van der Waals surface area contributed by atoms with Crippen LogP contribution in [-0.4, -0.2) is 96.7 Å². The van der Waals surface area contributed by atoms with Gasteiger partial charge in [0.2, 0.25) is 0 Å². The Kier molecular flexibility index (Phi) is 15.5. The van der Waals surface area contributed by atoms with Crippen LogP contribution in [0.25, 0.3) is 0 Å². The highest BCUT2D eigenvalue weighted by atomic mass is 79.9. The highest BCUT2D eigenvalue weighted by Crippen LogP contribution is 2.20. The molecule has 13 nitrogen and oxygen atoms in total.